The minimum Gasteiger partial charge on any atom is -0.217 e. The fraction of sp³-hybridized carbons (Fsp3) is 0.429. The molecule has 1 fully saturated rings. The second-order valence-electron chi connectivity index (χ2n) is 5.27. The number of halogens is 1. The van der Waals surface area contributed by atoms with Crippen LogP contribution in [0.4, 0.5) is 0 Å². The van der Waals surface area contributed by atoms with Gasteiger partial charge in [-0.15, -0.1) is 5.10 Å². The Bertz CT molecular complexity index is 537. The predicted molar refractivity (Wildman–Crippen MR) is 75.3 cm³/mol. The molecule has 1 aliphatic carbocycles. The van der Waals surface area contributed by atoms with Crippen molar-refractivity contribution in [3.05, 3.63) is 42.2 Å². The van der Waals surface area contributed by atoms with Crippen LogP contribution in [0.5, 0.6) is 0 Å². The molecule has 1 aromatic carbocycles. The molecule has 2 atom stereocenters. The van der Waals surface area contributed by atoms with Crippen LogP contribution in [0.15, 0.2) is 36.5 Å². The van der Waals surface area contributed by atoms with Gasteiger partial charge in [-0.05, 0) is 31.4 Å². The fourth-order valence-electron chi connectivity index (χ4n) is 2.81. The van der Waals surface area contributed by atoms with Gasteiger partial charge in [0, 0.05) is 10.2 Å². The molecular weight excluding hydrogens is 290 g/mol. The number of aromatic nitrogens is 3. The van der Waals surface area contributed by atoms with Gasteiger partial charge in [0.1, 0.15) is 0 Å². The van der Waals surface area contributed by atoms with E-state index in [-0.39, 0.29) is 5.41 Å². The molecule has 2 unspecified atom stereocenters. The standard InChI is InChI=1S/C14H16BrN3/c1-14(8-7-11(15)9-14)13-10-16-17-18(13)12-5-3-2-4-6-12/h2-6,10-11H,7-9H2,1H3. The molecule has 2 aromatic rings. The smallest absolute Gasteiger partial charge is 0.0735 e. The highest BCUT2D eigenvalue weighted by Crippen LogP contribution is 2.43. The van der Waals surface area contributed by atoms with Gasteiger partial charge in [0.25, 0.3) is 0 Å². The summed E-state index contributed by atoms with van der Waals surface area (Å²) in [5, 5.41) is 8.36. The van der Waals surface area contributed by atoms with Gasteiger partial charge in [0.15, 0.2) is 0 Å². The van der Waals surface area contributed by atoms with E-state index in [1.165, 1.54) is 18.5 Å². The van der Waals surface area contributed by atoms with Crippen molar-refractivity contribution in [2.45, 2.75) is 36.4 Å². The van der Waals surface area contributed by atoms with E-state index in [0.29, 0.717) is 4.83 Å². The summed E-state index contributed by atoms with van der Waals surface area (Å²) >= 11 is 3.73. The summed E-state index contributed by atoms with van der Waals surface area (Å²) < 4.78 is 1.98. The van der Waals surface area contributed by atoms with Crippen LogP contribution in [0.2, 0.25) is 0 Å². The highest BCUT2D eigenvalue weighted by Gasteiger charge is 2.38. The van der Waals surface area contributed by atoms with Crippen molar-refractivity contribution in [3.8, 4) is 5.69 Å². The van der Waals surface area contributed by atoms with Crippen molar-refractivity contribution < 1.29 is 0 Å². The largest absolute Gasteiger partial charge is 0.217 e. The normalized spacial score (nSPS) is 27.6. The van der Waals surface area contributed by atoms with Crippen LogP contribution >= 0.6 is 15.9 Å². The highest BCUT2D eigenvalue weighted by molar-refractivity contribution is 9.09. The van der Waals surface area contributed by atoms with Crippen LogP contribution in [0, 0.1) is 0 Å². The van der Waals surface area contributed by atoms with Crippen LogP contribution in [0.1, 0.15) is 31.9 Å². The average molecular weight is 306 g/mol. The molecule has 0 bridgehead atoms. The Kier molecular flexibility index (Phi) is 2.98. The third kappa shape index (κ3) is 1.99. The minimum atomic E-state index is 0.174. The average Bonchev–Trinajstić information content (AvgIpc) is 2.98. The summed E-state index contributed by atoms with van der Waals surface area (Å²) in [7, 11) is 0. The molecule has 94 valence electrons. The number of benzene rings is 1. The van der Waals surface area contributed by atoms with Gasteiger partial charge in [-0.3, -0.25) is 0 Å². The number of rotatable bonds is 2. The number of hydrogen-bond donors (Lipinski definition) is 0. The van der Waals surface area contributed by atoms with E-state index < -0.39 is 0 Å². The van der Waals surface area contributed by atoms with Crippen molar-refractivity contribution in [1.29, 1.82) is 0 Å². The van der Waals surface area contributed by atoms with Crippen LogP contribution in [-0.2, 0) is 5.41 Å². The summed E-state index contributed by atoms with van der Waals surface area (Å²) in [5.74, 6) is 0. The fourth-order valence-corrected chi connectivity index (χ4v) is 3.75. The molecule has 1 heterocycles. The predicted octanol–water partition coefficient (Wildman–Crippen LogP) is 3.47. The summed E-state index contributed by atoms with van der Waals surface area (Å²) in [5.41, 5.74) is 2.48. The monoisotopic (exact) mass is 305 g/mol. The molecule has 1 aromatic heterocycles. The molecule has 1 aliphatic rings. The molecule has 0 amide bonds. The van der Waals surface area contributed by atoms with Crippen molar-refractivity contribution in [2.24, 2.45) is 0 Å². The number of nitrogens with zero attached hydrogens (tertiary/aromatic N) is 3. The molecule has 0 N–H and O–H groups in total. The van der Waals surface area contributed by atoms with Crippen molar-refractivity contribution in [1.82, 2.24) is 15.0 Å². The van der Waals surface area contributed by atoms with E-state index in [0.717, 1.165) is 12.1 Å². The Morgan fingerprint density at radius 1 is 1.33 bits per heavy atom. The zero-order chi connectivity index (χ0) is 12.6. The maximum atomic E-state index is 4.25. The Morgan fingerprint density at radius 3 is 2.78 bits per heavy atom. The lowest BCUT2D eigenvalue weighted by Gasteiger charge is -2.24. The first-order valence-electron chi connectivity index (χ1n) is 6.30. The Hall–Kier alpha value is -1.16. The van der Waals surface area contributed by atoms with E-state index in [4.69, 9.17) is 0 Å². The third-order valence-electron chi connectivity index (χ3n) is 3.85. The first-order valence-corrected chi connectivity index (χ1v) is 7.21. The Balaban J connectivity index is 2.02. The zero-order valence-electron chi connectivity index (χ0n) is 10.4. The Labute approximate surface area is 115 Å². The van der Waals surface area contributed by atoms with E-state index in [1.807, 2.05) is 29.1 Å². The van der Waals surface area contributed by atoms with Gasteiger partial charge in [-0.2, -0.15) is 0 Å². The summed E-state index contributed by atoms with van der Waals surface area (Å²) in [6.07, 6.45) is 5.46. The number of hydrogen-bond acceptors (Lipinski definition) is 2. The van der Waals surface area contributed by atoms with E-state index in [2.05, 4.69) is 45.3 Å². The Morgan fingerprint density at radius 2 is 2.11 bits per heavy atom. The van der Waals surface area contributed by atoms with Gasteiger partial charge in [0.2, 0.25) is 0 Å². The molecule has 18 heavy (non-hydrogen) atoms. The quantitative estimate of drug-likeness (QED) is 0.795. The highest BCUT2D eigenvalue weighted by atomic mass is 79.9. The molecule has 0 aliphatic heterocycles. The van der Waals surface area contributed by atoms with E-state index >= 15 is 0 Å². The molecule has 1 saturated carbocycles. The van der Waals surface area contributed by atoms with Gasteiger partial charge in [-0.1, -0.05) is 46.3 Å². The minimum absolute atomic E-state index is 0.174. The van der Waals surface area contributed by atoms with Crippen LogP contribution in [0.3, 0.4) is 0 Å². The number of alkyl halides is 1. The SMILES string of the molecule is CC1(c2cnnn2-c2ccccc2)CCC(Br)C1. The lowest BCUT2D eigenvalue weighted by atomic mass is 9.85. The van der Waals surface area contributed by atoms with Crippen LogP contribution in [-0.4, -0.2) is 19.8 Å². The van der Waals surface area contributed by atoms with E-state index in [9.17, 15) is 0 Å². The first kappa shape index (κ1) is 11.9. The molecular formula is C14H16BrN3. The second-order valence-corrected chi connectivity index (χ2v) is 6.56. The maximum absolute atomic E-state index is 4.25. The van der Waals surface area contributed by atoms with Gasteiger partial charge >= 0.3 is 0 Å². The van der Waals surface area contributed by atoms with Crippen LogP contribution < -0.4 is 0 Å². The van der Waals surface area contributed by atoms with Gasteiger partial charge in [0.05, 0.1) is 17.6 Å². The number of para-hydroxylation sites is 1. The summed E-state index contributed by atoms with van der Waals surface area (Å²) in [6.45, 7) is 2.31. The maximum Gasteiger partial charge on any atom is 0.0735 e. The lowest BCUT2D eigenvalue weighted by molar-refractivity contribution is 0.461. The van der Waals surface area contributed by atoms with Gasteiger partial charge < -0.3 is 0 Å². The molecule has 3 nitrogen and oxygen atoms in total. The first-order chi connectivity index (χ1) is 8.69. The van der Waals surface area contributed by atoms with Crippen molar-refractivity contribution in [2.75, 3.05) is 0 Å². The van der Waals surface area contributed by atoms with Crippen molar-refractivity contribution >= 4 is 15.9 Å². The van der Waals surface area contributed by atoms with Crippen LogP contribution in [0.25, 0.3) is 5.69 Å². The van der Waals surface area contributed by atoms with E-state index in [1.54, 1.807) is 0 Å². The summed E-state index contributed by atoms with van der Waals surface area (Å²) in [6, 6.07) is 10.2. The third-order valence-corrected chi connectivity index (χ3v) is 4.63. The molecule has 0 spiro atoms. The second kappa shape index (κ2) is 4.50. The van der Waals surface area contributed by atoms with Crippen molar-refractivity contribution in [3.63, 3.8) is 0 Å². The molecule has 4 heteroatoms. The molecule has 0 radical (unpaired) electrons. The van der Waals surface area contributed by atoms with Gasteiger partial charge in [-0.25, -0.2) is 4.68 Å². The molecule has 3 rings (SSSR count). The summed E-state index contributed by atoms with van der Waals surface area (Å²) in [4.78, 5) is 0.613. The topological polar surface area (TPSA) is 30.7 Å². The zero-order valence-corrected chi connectivity index (χ0v) is 12.0. The molecule has 0 saturated heterocycles. The lowest BCUT2D eigenvalue weighted by Crippen LogP contribution is -2.22.